The Kier molecular flexibility index (Phi) is 3.13. The zero-order chi connectivity index (χ0) is 12.4. The molecule has 94 valence electrons. The van der Waals surface area contributed by atoms with E-state index in [0.717, 1.165) is 43.1 Å². The summed E-state index contributed by atoms with van der Waals surface area (Å²) in [6, 6.07) is 12.0. The molecule has 1 aliphatic rings. The second kappa shape index (κ2) is 4.92. The van der Waals surface area contributed by atoms with Crippen molar-refractivity contribution in [3.05, 3.63) is 42.2 Å². The topological polar surface area (TPSA) is 49.5 Å². The fourth-order valence-electron chi connectivity index (χ4n) is 2.31. The van der Waals surface area contributed by atoms with Gasteiger partial charge in [0.2, 0.25) is 0 Å². The number of hydrogen-bond acceptors (Lipinski definition) is 4. The highest BCUT2D eigenvalue weighted by Crippen LogP contribution is 2.20. The van der Waals surface area contributed by atoms with E-state index in [-0.39, 0.29) is 6.10 Å². The molecule has 0 amide bonds. The van der Waals surface area contributed by atoms with Gasteiger partial charge in [-0.05, 0) is 6.42 Å². The summed E-state index contributed by atoms with van der Waals surface area (Å²) in [5.41, 5.74) is 1.93. The van der Waals surface area contributed by atoms with Gasteiger partial charge in [0.15, 0.2) is 5.76 Å². The first kappa shape index (κ1) is 11.4. The van der Waals surface area contributed by atoms with Gasteiger partial charge in [0.05, 0.1) is 12.6 Å². The molecule has 1 saturated heterocycles. The van der Waals surface area contributed by atoms with Crippen LogP contribution in [0.15, 0.2) is 40.9 Å². The molecule has 3 rings (SSSR count). The first-order chi connectivity index (χ1) is 8.81. The zero-order valence-corrected chi connectivity index (χ0v) is 10.1. The molecule has 1 aliphatic heterocycles. The third kappa shape index (κ3) is 2.44. The van der Waals surface area contributed by atoms with Crippen LogP contribution in [0.4, 0.5) is 0 Å². The lowest BCUT2D eigenvalue weighted by Crippen LogP contribution is -2.21. The summed E-state index contributed by atoms with van der Waals surface area (Å²) in [4.78, 5) is 2.18. The minimum atomic E-state index is -0.193. The Labute approximate surface area is 106 Å². The number of aliphatic hydroxyl groups is 1. The van der Waals surface area contributed by atoms with Crippen LogP contribution in [-0.2, 0) is 6.54 Å². The number of likely N-dealkylation sites (tertiary alicyclic amines) is 1. The summed E-state index contributed by atoms with van der Waals surface area (Å²) in [5, 5.41) is 13.6. The molecule has 1 aromatic heterocycles. The minimum Gasteiger partial charge on any atom is -0.392 e. The van der Waals surface area contributed by atoms with Gasteiger partial charge >= 0.3 is 0 Å². The van der Waals surface area contributed by atoms with Gasteiger partial charge in [-0.1, -0.05) is 35.5 Å². The molecule has 0 spiro atoms. The highest BCUT2D eigenvalue weighted by atomic mass is 16.5. The van der Waals surface area contributed by atoms with Gasteiger partial charge in [-0.25, -0.2) is 0 Å². The van der Waals surface area contributed by atoms with Gasteiger partial charge in [0.1, 0.15) is 5.69 Å². The molecule has 0 bridgehead atoms. The summed E-state index contributed by atoms with van der Waals surface area (Å²) in [7, 11) is 0. The fourth-order valence-corrected chi connectivity index (χ4v) is 2.31. The van der Waals surface area contributed by atoms with E-state index in [4.69, 9.17) is 4.52 Å². The number of aliphatic hydroxyl groups excluding tert-OH is 1. The van der Waals surface area contributed by atoms with Crippen molar-refractivity contribution in [3.63, 3.8) is 0 Å². The molecule has 1 unspecified atom stereocenters. The van der Waals surface area contributed by atoms with Crippen LogP contribution in [0.1, 0.15) is 12.2 Å². The number of benzene rings is 1. The molecule has 4 heteroatoms. The molecule has 1 fully saturated rings. The summed E-state index contributed by atoms with van der Waals surface area (Å²) < 4.78 is 5.34. The molecule has 1 N–H and O–H groups in total. The first-order valence-corrected chi connectivity index (χ1v) is 6.23. The van der Waals surface area contributed by atoms with Crippen LogP contribution >= 0.6 is 0 Å². The predicted octanol–water partition coefficient (Wildman–Crippen LogP) is 1.91. The van der Waals surface area contributed by atoms with Crippen molar-refractivity contribution in [2.24, 2.45) is 0 Å². The molecule has 1 atom stereocenters. The predicted molar refractivity (Wildman–Crippen MR) is 67.8 cm³/mol. The fraction of sp³-hybridized carbons (Fsp3) is 0.357. The Bertz CT molecular complexity index is 510. The third-order valence-corrected chi connectivity index (χ3v) is 3.26. The van der Waals surface area contributed by atoms with E-state index in [1.165, 1.54) is 0 Å². The Balaban J connectivity index is 1.70. The maximum absolute atomic E-state index is 9.47. The van der Waals surface area contributed by atoms with Gasteiger partial charge < -0.3 is 9.63 Å². The van der Waals surface area contributed by atoms with Crippen LogP contribution in [0.2, 0.25) is 0 Å². The summed E-state index contributed by atoms with van der Waals surface area (Å²) >= 11 is 0. The van der Waals surface area contributed by atoms with Crippen LogP contribution in [0.3, 0.4) is 0 Å². The first-order valence-electron chi connectivity index (χ1n) is 6.23. The van der Waals surface area contributed by atoms with Gasteiger partial charge in [-0.15, -0.1) is 0 Å². The quantitative estimate of drug-likeness (QED) is 0.896. The lowest BCUT2D eigenvalue weighted by Gasteiger charge is -2.11. The number of nitrogens with zero attached hydrogens (tertiary/aromatic N) is 2. The average molecular weight is 244 g/mol. The van der Waals surface area contributed by atoms with Crippen molar-refractivity contribution in [2.45, 2.75) is 19.1 Å². The molecule has 18 heavy (non-hydrogen) atoms. The monoisotopic (exact) mass is 244 g/mol. The minimum absolute atomic E-state index is 0.193. The molecule has 4 nitrogen and oxygen atoms in total. The summed E-state index contributed by atoms with van der Waals surface area (Å²) in [6.45, 7) is 2.36. The van der Waals surface area contributed by atoms with Crippen molar-refractivity contribution >= 4 is 0 Å². The Morgan fingerprint density at radius 2 is 2.17 bits per heavy atom. The van der Waals surface area contributed by atoms with Crippen molar-refractivity contribution in [1.82, 2.24) is 10.1 Å². The van der Waals surface area contributed by atoms with Gasteiger partial charge in [0.25, 0.3) is 0 Å². The van der Waals surface area contributed by atoms with E-state index in [2.05, 4.69) is 10.1 Å². The Morgan fingerprint density at radius 1 is 1.33 bits per heavy atom. The standard InChI is InChI=1S/C14H16N2O2/c17-12-6-7-16(9-12)10-13-8-14(15-18-13)11-4-2-1-3-5-11/h1-5,8,12,17H,6-7,9-10H2. The molecular weight excluding hydrogens is 228 g/mol. The lowest BCUT2D eigenvalue weighted by atomic mass is 10.1. The normalized spacial score (nSPS) is 20.4. The summed E-state index contributed by atoms with van der Waals surface area (Å²) in [6.07, 6.45) is 0.654. The number of aromatic nitrogens is 1. The van der Waals surface area contributed by atoms with Crippen LogP contribution in [0, 0.1) is 0 Å². The van der Waals surface area contributed by atoms with Crippen LogP contribution in [0.5, 0.6) is 0 Å². The molecule has 1 aromatic carbocycles. The van der Waals surface area contributed by atoms with E-state index in [1.807, 2.05) is 36.4 Å². The third-order valence-electron chi connectivity index (χ3n) is 3.26. The van der Waals surface area contributed by atoms with E-state index < -0.39 is 0 Å². The molecule has 2 aromatic rings. The molecule has 0 radical (unpaired) electrons. The Hall–Kier alpha value is -1.65. The zero-order valence-electron chi connectivity index (χ0n) is 10.1. The second-order valence-corrected chi connectivity index (χ2v) is 4.72. The van der Waals surface area contributed by atoms with Crippen molar-refractivity contribution < 1.29 is 9.63 Å². The van der Waals surface area contributed by atoms with E-state index in [0.29, 0.717) is 0 Å². The average Bonchev–Trinajstić information content (AvgIpc) is 3.01. The second-order valence-electron chi connectivity index (χ2n) is 4.72. The number of rotatable bonds is 3. The van der Waals surface area contributed by atoms with E-state index in [1.54, 1.807) is 0 Å². The maximum atomic E-state index is 9.47. The van der Waals surface area contributed by atoms with Crippen LogP contribution in [-0.4, -0.2) is 34.4 Å². The molecular formula is C14H16N2O2. The number of β-amino-alcohol motifs (C(OH)–C–C–N with tert-alkyl or cyclic N) is 1. The van der Waals surface area contributed by atoms with Crippen LogP contribution in [0.25, 0.3) is 11.3 Å². The van der Waals surface area contributed by atoms with Gasteiger partial charge in [-0.3, -0.25) is 4.90 Å². The SMILES string of the molecule is OC1CCN(Cc2cc(-c3ccccc3)no2)C1. The largest absolute Gasteiger partial charge is 0.392 e. The smallest absolute Gasteiger partial charge is 0.151 e. The highest BCUT2D eigenvalue weighted by Gasteiger charge is 2.21. The maximum Gasteiger partial charge on any atom is 0.151 e. The summed E-state index contributed by atoms with van der Waals surface area (Å²) in [5.74, 6) is 0.850. The molecule has 0 aliphatic carbocycles. The van der Waals surface area contributed by atoms with Crippen molar-refractivity contribution in [3.8, 4) is 11.3 Å². The molecule has 2 heterocycles. The Morgan fingerprint density at radius 3 is 2.89 bits per heavy atom. The van der Waals surface area contributed by atoms with Crippen molar-refractivity contribution in [1.29, 1.82) is 0 Å². The molecule has 0 saturated carbocycles. The highest BCUT2D eigenvalue weighted by molar-refractivity contribution is 5.58. The lowest BCUT2D eigenvalue weighted by molar-refractivity contribution is 0.170. The van der Waals surface area contributed by atoms with Crippen molar-refractivity contribution in [2.75, 3.05) is 13.1 Å². The number of hydrogen-bond donors (Lipinski definition) is 1. The van der Waals surface area contributed by atoms with Crippen LogP contribution < -0.4 is 0 Å². The van der Waals surface area contributed by atoms with E-state index in [9.17, 15) is 5.11 Å². The van der Waals surface area contributed by atoms with Gasteiger partial charge in [0, 0.05) is 24.7 Å². The van der Waals surface area contributed by atoms with Gasteiger partial charge in [-0.2, -0.15) is 0 Å². The van der Waals surface area contributed by atoms with E-state index >= 15 is 0 Å².